The third-order valence-corrected chi connectivity index (χ3v) is 2.59. The first-order valence-electron chi connectivity index (χ1n) is 6.05. The van der Waals surface area contributed by atoms with E-state index in [2.05, 4.69) is 0 Å². The lowest BCUT2D eigenvalue weighted by Gasteiger charge is -2.38. The Morgan fingerprint density at radius 1 is 1.22 bits per heavy atom. The Hall–Kier alpha value is -1.14. The van der Waals surface area contributed by atoms with Crippen molar-refractivity contribution < 1.29 is 28.5 Å². The van der Waals surface area contributed by atoms with Crippen molar-refractivity contribution in [1.29, 1.82) is 0 Å². The summed E-state index contributed by atoms with van der Waals surface area (Å²) in [5, 5.41) is 0. The monoisotopic (exact) mass is 260 g/mol. The topological polar surface area (TPSA) is 71.1 Å². The predicted octanol–water partition coefficient (Wildman–Crippen LogP) is 1.02. The summed E-state index contributed by atoms with van der Waals surface area (Å²) in [5.41, 5.74) is 0. The van der Waals surface area contributed by atoms with Crippen molar-refractivity contribution >= 4 is 11.9 Å². The number of esters is 2. The second kappa shape index (κ2) is 6.70. The molecule has 1 fully saturated rings. The van der Waals surface area contributed by atoms with Crippen LogP contribution in [-0.2, 0) is 28.5 Å². The van der Waals surface area contributed by atoms with Gasteiger partial charge in [-0.1, -0.05) is 0 Å². The molecule has 0 aromatic rings. The fraction of sp³-hybridized carbons (Fsp3) is 0.833. The minimum Gasteiger partial charge on any atom is -0.458 e. The Bertz CT molecular complexity index is 303. The zero-order valence-corrected chi connectivity index (χ0v) is 11.2. The third kappa shape index (κ3) is 4.27. The quantitative estimate of drug-likeness (QED) is 0.703. The highest BCUT2D eigenvalue weighted by atomic mass is 16.7. The molecule has 104 valence electrons. The van der Waals surface area contributed by atoms with Crippen LogP contribution in [0.3, 0.4) is 0 Å². The zero-order valence-electron chi connectivity index (χ0n) is 11.2. The normalized spacial score (nSPS) is 31.8. The highest BCUT2D eigenvalue weighted by Gasteiger charge is 2.41. The molecule has 0 aromatic heterocycles. The minimum atomic E-state index is -0.594. The second-order valence-corrected chi connectivity index (χ2v) is 4.18. The highest BCUT2D eigenvalue weighted by Crippen LogP contribution is 2.26. The molecule has 4 atom stereocenters. The zero-order chi connectivity index (χ0) is 13.7. The fourth-order valence-corrected chi connectivity index (χ4v) is 1.98. The maximum absolute atomic E-state index is 11.1. The van der Waals surface area contributed by atoms with Gasteiger partial charge in [0.05, 0.1) is 6.10 Å². The van der Waals surface area contributed by atoms with Gasteiger partial charge in [-0.25, -0.2) is 0 Å². The Labute approximate surface area is 107 Å². The van der Waals surface area contributed by atoms with Crippen molar-refractivity contribution in [3.05, 3.63) is 0 Å². The molecule has 0 aromatic carbocycles. The van der Waals surface area contributed by atoms with E-state index >= 15 is 0 Å². The van der Waals surface area contributed by atoms with Crippen molar-refractivity contribution in [2.45, 2.75) is 58.7 Å². The van der Waals surface area contributed by atoms with Crippen molar-refractivity contribution in [1.82, 2.24) is 0 Å². The summed E-state index contributed by atoms with van der Waals surface area (Å²) in [5.74, 6) is -0.844. The van der Waals surface area contributed by atoms with Gasteiger partial charge in [0.15, 0.2) is 12.4 Å². The molecule has 6 nitrogen and oxygen atoms in total. The van der Waals surface area contributed by atoms with Crippen LogP contribution in [0.2, 0.25) is 0 Å². The lowest BCUT2D eigenvalue weighted by Crippen LogP contribution is -2.51. The maximum Gasteiger partial charge on any atom is 0.303 e. The van der Waals surface area contributed by atoms with Crippen LogP contribution >= 0.6 is 0 Å². The lowest BCUT2D eigenvalue weighted by atomic mass is 10.0. The number of hydrogen-bond acceptors (Lipinski definition) is 6. The number of rotatable bonds is 4. The highest BCUT2D eigenvalue weighted by molar-refractivity contribution is 5.67. The van der Waals surface area contributed by atoms with E-state index in [1.807, 2.05) is 6.92 Å². The summed E-state index contributed by atoms with van der Waals surface area (Å²) < 4.78 is 21.2. The van der Waals surface area contributed by atoms with E-state index in [1.54, 1.807) is 6.92 Å². The maximum atomic E-state index is 11.1. The number of carbonyl (C=O) groups excluding carboxylic acids is 2. The summed E-state index contributed by atoms with van der Waals surface area (Å²) >= 11 is 0. The number of hydrogen-bond donors (Lipinski definition) is 0. The van der Waals surface area contributed by atoms with E-state index in [-0.39, 0.29) is 6.10 Å². The molecule has 0 unspecified atom stereocenters. The molecule has 1 aliphatic rings. The molecule has 0 spiro atoms. The van der Waals surface area contributed by atoms with Gasteiger partial charge in [0.1, 0.15) is 6.10 Å². The van der Waals surface area contributed by atoms with Gasteiger partial charge in [0, 0.05) is 26.9 Å². The van der Waals surface area contributed by atoms with Gasteiger partial charge in [-0.05, 0) is 13.8 Å². The lowest BCUT2D eigenvalue weighted by molar-refractivity contribution is -0.254. The third-order valence-electron chi connectivity index (χ3n) is 2.59. The number of carbonyl (C=O) groups is 2. The van der Waals surface area contributed by atoms with E-state index < -0.39 is 30.4 Å². The molecule has 18 heavy (non-hydrogen) atoms. The van der Waals surface area contributed by atoms with Crippen LogP contribution in [-0.4, -0.2) is 43.1 Å². The molecule has 1 saturated heterocycles. The number of ether oxygens (including phenoxy) is 4. The van der Waals surface area contributed by atoms with Crippen LogP contribution in [0.1, 0.15) is 34.1 Å². The molecule has 1 rings (SSSR count). The van der Waals surface area contributed by atoms with E-state index in [4.69, 9.17) is 18.9 Å². The summed E-state index contributed by atoms with van der Waals surface area (Å²) in [7, 11) is 0. The van der Waals surface area contributed by atoms with Crippen LogP contribution < -0.4 is 0 Å². The first kappa shape index (κ1) is 14.9. The van der Waals surface area contributed by atoms with Crippen LogP contribution in [0.15, 0.2) is 0 Å². The smallest absolute Gasteiger partial charge is 0.303 e. The van der Waals surface area contributed by atoms with Crippen LogP contribution in [0, 0.1) is 0 Å². The van der Waals surface area contributed by atoms with Crippen molar-refractivity contribution in [2.75, 3.05) is 6.61 Å². The van der Waals surface area contributed by atoms with Gasteiger partial charge in [-0.2, -0.15) is 0 Å². The van der Waals surface area contributed by atoms with Crippen LogP contribution in [0.4, 0.5) is 0 Å². The predicted molar refractivity (Wildman–Crippen MR) is 61.7 cm³/mol. The molecule has 0 aliphatic carbocycles. The van der Waals surface area contributed by atoms with Gasteiger partial charge in [0.2, 0.25) is 0 Å². The van der Waals surface area contributed by atoms with Crippen molar-refractivity contribution in [3.63, 3.8) is 0 Å². The molecule has 0 N–H and O–H groups in total. The first-order valence-corrected chi connectivity index (χ1v) is 6.05. The second-order valence-electron chi connectivity index (χ2n) is 4.18. The van der Waals surface area contributed by atoms with E-state index in [1.165, 1.54) is 13.8 Å². The molecule has 1 aliphatic heterocycles. The van der Waals surface area contributed by atoms with Crippen molar-refractivity contribution in [2.24, 2.45) is 0 Å². The summed E-state index contributed by atoms with van der Waals surface area (Å²) in [6.45, 7) is 6.75. The Morgan fingerprint density at radius 3 is 2.33 bits per heavy atom. The van der Waals surface area contributed by atoms with Gasteiger partial charge in [-0.3, -0.25) is 9.59 Å². The van der Waals surface area contributed by atoms with E-state index in [0.29, 0.717) is 13.0 Å². The first-order chi connectivity index (χ1) is 8.43. The molecule has 6 heteroatoms. The molecule has 0 bridgehead atoms. The molecular weight excluding hydrogens is 240 g/mol. The fourth-order valence-electron chi connectivity index (χ4n) is 1.98. The Balaban J connectivity index is 2.73. The van der Waals surface area contributed by atoms with Gasteiger partial charge < -0.3 is 18.9 Å². The van der Waals surface area contributed by atoms with E-state index in [9.17, 15) is 9.59 Å². The molecular formula is C12H20O6. The molecule has 1 heterocycles. The van der Waals surface area contributed by atoms with Gasteiger partial charge >= 0.3 is 11.9 Å². The minimum absolute atomic E-state index is 0.357. The average molecular weight is 260 g/mol. The van der Waals surface area contributed by atoms with Gasteiger partial charge in [-0.15, -0.1) is 0 Å². The molecule has 0 saturated carbocycles. The average Bonchev–Trinajstić information content (AvgIpc) is 2.22. The standard InChI is InChI=1S/C12H20O6/c1-5-15-11-6-10(17-8(3)13)12(7(2)16-11)18-9(4)14/h7,10-12H,5-6H2,1-4H3/t7-,10-,11-,12-/m1/s1. The van der Waals surface area contributed by atoms with E-state index in [0.717, 1.165) is 0 Å². The van der Waals surface area contributed by atoms with Gasteiger partial charge in [0.25, 0.3) is 0 Å². The SMILES string of the molecule is CCO[C@H]1C[C@@H](OC(C)=O)[C@H](OC(C)=O)[C@@H](C)O1. The van der Waals surface area contributed by atoms with Crippen molar-refractivity contribution in [3.8, 4) is 0 Å². The summed E-state index contributed by atoms with van der Waals surface area (Å²) in [6, 6.07) is 0. The summed E-state index contributed by atoms with van der Waals surface area (Å²) in [6.07, 6.45) is -1.60. The molecule has 0 amide bonds. The summed E-state index contributed by atoms with van der Waals surface area (Å²) in [4.78, 5) is 22.1. The van der Waals surface area contributed by atoms with Crippen LogP contribution in [0.25, 0.3) is 0 Å². The molecule has 0 radical (unpaired) electrons. The largest absolute Gasteiger partial charge is 0.458 e. The Kier molecular flexibility index (Phi) is 5.55. The van der Waals surface area contributed by atoms with Crippen LogP contribution in [0.5, 0.6) is 0 Å². The Morgan fingerprint density at radius 2 is 1.83 bits per heavy atom.